The first-order valence-electron chi connectivity index (χ1n) is 8.55. The first-order chi connectivity index (χ1) is 12.3. The van der Waals surface area contributed by atoms with Gasteiger partial charge in [0, 0.05) is 18.2 Å². The summed E-state index contributed by atoms with van der Waals surface area (Å²) < 4.78 is 10.6. The van der Waals surface area contributed by atoms with Gasteiger partial charge < -0.3 is 25.3 Å². The number of amidine groups is 1. The van der Waals surface area contributed by atoms with Crippen LogP contribution in [0.4, 0.5) is 5.69 Å². The molecule has 0 radical (unpaired) electrons. The second kappa shape index (κ2) is 14.1. The first kappa shape index (κ1) is 26.0. The van der Waals surface area contributed by atoms with E-state index in [1.165, 1.54) is 37.1 Å². The standard InChI is InChI=1S/C15H17N2O3.C5H10O.K/c1-10(2)20-14-7-12(6-13(19)8-14)17-15(16)5-4-11(3)9-18;1-5-3-2-4-6-5;/h4-10H,3H2,1-2H3,(H2-,16,17,19);5H,2-4H2,1H3;/q-1;;+1/b5-4-;;. The molecule has 0 amide bonds. The van der Waals surface area contributed by atoms with Gasteiger partial charge in [0.1, 0.15) is 17.8 Å². The summed E-state index contributed by atoms with van der Waals surface area (Å²) in [4.78, 5) is 10.4. The van der Waals surface area contributed by atoms with Gasteiger partial charge >= 0.3 is 51.4 Å². The minimum Gasteiger partial charge on any atom is -0.508 e. The average Bonchev–Trinajstić information content (AvgIpc) is 3.03. The second-order valence-electron chi connectivity index (χ2n) is 6.20. The molecular formula is C20H27KN2O4. The maximum absolute atomic E-state index is 10.4. The van der Waals surface area contributed by atoms with Crippen molar-refractivity contribution < 1.29 is 70.8 Å². The molecule has 1 unspecified atom stereocenters. The summed E-state index contributed by atoms with van der Waals surface area (Å²) in [5.41, 5.74) is 0.650. The maximum Gasteiger partial charge on any atom is 1.00 e. The van der Waals surface area contributed by atoms with Crippen molar-refractivity contribution in [2.75, 3.05) is 6.61 Å². The SMILES string of the molecule is C=C(C=O)/C=C\C(=N)[N-]c1cc(O)cc(OC(C)C)c1.CC1CCCO1.[K+]. The van der Waals surface area contributed by atoms with Crippen LogP contribution in [0.3, 0.4) is 0 Å². The van der Waals surface area contributed by atoms with Gasteiger partial charge in [0.05, 0.1) is 12.2 Å². The summed E-state index contributed by atoms with van der Waals surface area (Å²) >= 11 is 0. The molecule has 1 heterocycles. The molecular weight excluding hydrogens is 371 g/mol. The number of aldehydes is 1. The average molecular weight is 399 g/mol. The zero-order valence-corrected chi connectivity index (χ0v) is 19.7. The van der Waals surface area contributed by atoms with E-state index >= 15 is 0 Å². The van der Waals surface area contributed by atoms with Crippen molar-refractivity contribution in [2.24, 2.45) is 0 Å². The summed E-state index contributed by atoms with van der Waals surface area (Å²) in [6, 6.07) is 4.52. The van der Waals surface area contributed by atoms with Gasteiger partial charge in [0.15, 0.2) is 0 Å². The fourth-order valence-corrected chi connectivity index (χ4v) is 2.11. The number of hydrogen-bond acceptors (Lipinski definition) is 5. The van der Waals surface area contributed by atoms with Gasteiger partial charge in [-0.25, -0.2) is 0 Å². The summed E-state index contributed by atoms with van der Waals surface area (Å²) in [5, 5.41) is 21.2. The molecule has 1 saturated heterocycles. The van der Waals surface area contributed by atoms with Crippen LogP contribution in [0, 0.1) is 5.41 Å². The van der Waals surface area contributed by atoms with Crippen molar-refractivity contribution in [1.29, 1.82) is 5.41 Å². The van der Waals surface area contributed by atoms with E-state index in [4.69, 9.17) is 14.9 Å². The first-order valence-corrected chi connectivity index (χ1v) is 8.55. The fourth-order valence-electron chi connectivity index (χ4n) is 2.11. The Labute approximate surface area is 204 Å². The van der Waals surface area contributed by atoms with Gasteiger partial charge in [0.2, 0.25) is 0 Å². The van der Waals surface area contributed by atoms with Crippen LogP contribution in [-0.4, -0.2) is 36.0 Å². The molecule has 1 aromatic carbocycles. The molecule has 27 heavy (non-hydrogen) atoms. The summed E-state index contributed by atoms with van der Waals surface area (Å²) in [7, 11) is 0. The number of phenols is 1. The van der Waals surface area contributed by atoms with Gasteiger partial charge in [-0.1, -0.05) is 24.6 Å². The molecule has 2 N–H and O–H groups in total. The summed E-state index contributed by atoms with van der Waals surface area (Å²) in [6.45, 7) is 10.3. The number of rotatable bonds is 6. The number of aromatic hydroxyl groups is 1. The number of hydrogen-bond donors (Lipinski definition) is 2. The van der Waals surface area contributed by atoms with Gasteiger partial charge in [-0.15, -0.1) is 0 Å². The molecule has 1 aliphatic rings. The molecule has 0 saturated carbocycles. The molecule has 1 fully saturated rings. The molecule has 0 spiro atoms. The van der Waals surface area contributed by atoms with Crippen molar-refractivity contribution in [3.05, 3.63) is 47.8 Å². The van der Waals surface area contributed by atoms with Crippen LogP contribution in [-0.2, 0) is 9.53 Å². The monoisotopic (exact) mass is 398 g/mol. The van der Waals surface area contributed by atoms with E-state index in [1.54, 1.807) is 6.07 Å². The Balaban J connectivity index is 0.000000817. The largest absolute Gasteiger partial charge is 1.00 e. The predicted octanol–water partition coefficient (Wildman–Crippen LogP) is 1.66. The van der Waals surface area contributed by atoms with Gasteiger partial charge in [-0.3, -0.25) is 4.79 Å². The Hall–Kier alpha value is -0.964. The van der Waals surface area contributed by atoms with E-state index in [-0.39, 0.29) is 74.6 Å². The number of allylic oxidation sites excluding steroid dienone is 2. The van der Waals surface area contributed by atoms with Crippen molar-refractivity contribution >= 4 is 17.8 Å². The maximum atomic E-state index is 10.4. The fraction of sp³-hybridized carbons (Fsp3) is 0.400. The summed E-state index contributed by atoms with van der Waals surface area (Å²) in [5.74, 6) is 0.429. The molecule has 0 bridgehead atoms. The Morgan fingerprint density at radius 2 is 2.11 bits per heavy atom. The number of carbonyl (C=O) groups excluding carboxylic acids is 1. The third kappa shape index (κ3) is 12.2. The van der Waals surface area contributed by atoms with Crippen molar-refractivity contribution in [1.82, 2.24) is 0 Å². The second-order valence-corrected chi connectivity index (χ2v) is 6.20. The van der Waals surface area contributed by atoms with E-state index in [9.17, 15) is 9.90 Å². The predicted molar refractivity (Wildman–Crippen MR) is 104 cm³/mol. The van der Waals surface area contributed by atoms with Crippen LogP contribution >= 0.6 is 0 Å². The van der Waals surface area contributed by atoms with Gasteiger partial charge in [-0.05, 0) is 51.4 Å². The Bertz CT molecular complexity index is 653. The van der Waals surface area contributed by atoms with E-state index in [0.717, 1.165) is 6.61 Å². The zero-order chi connectivity index (χ0) is 19.5. The number of phenolic OH excluding ortho intramolecular Hbond substituents is 1. The number of carbonyl (C=O) groups is 1. The molecule has 142 valence electrons. The number of ether oxygens (including phenoxy) is 2. The third-order valence-corrected chi connectivity index (χ3v) is 3.26. The smallest absolute Gasteiger partial charge is 0.508 e. The molecule has 1 aromatic rings. The van der Waals surface area contributed by atoms with E-state index in [0.29, 0.717) is 23.8 Å². The van der Waals surface area contributed by atoms with E-state index in [2.05, 4.69) is 18.8 Å². The van der Waals surface area contributed by atoms with E-state index in [1.807, 2.05) is 13.8 Å². The van der Waals surface area contributed by atoms with Crippen LogP contribution in [0.25, 0.3) is 5.32 Å². The zero-order valence-electron chi connectivity index (χ0n) is 16.6. The molecule has 0 aliphatic carbocycles. The third-order valence-electron chi connectivity index (χ3n) is 3.26. The molecule has 2 rings (SSSR count). The van der Waals surface area contributed by atoms with Crippen molar-refractivity contribution in [3.8, 4) is 11.5 Å². The number of nitrogens with zero attached hydrogens (tertiary/aromatic N) is 1. The molecule has 0 aromatic heterocycles. The molecule has 6 nitrogen and oxygen atoms in total. The van der Waals surface area contributed by atoms with Gasteiger partial charge in [-0.2, -0.15) is 0 Å². The molecule has 1 aliphatic heterocycles. The number of nitrogens with one attached hydrogen (secondary N) is 1. The van der Waals surface area contributed by atoms with Crippen LogP contribution in [0.15, 0.2) is 42.5 Å². The van der Waals surface area contributed by atoms with Crippen LogP contribution in [0.5, 0.6) is 11.5 Å². The topological polar surface area (TPSA) is 93.7 Å². The minimum atomic E-state index is -0.0610. The van der Waals surface area contributed by atoms with Crippen molar-refractivity contribution in [3.63, 3.8) is 0 Å². The van der Waals surface area contributed by atoms with Crippen LogP contribution in [0.2, 0.25) is 0 Å². The van der Waals surface area contributed by atoms with Crippen LogP contribution < -0.4 is 56.1 Å². The minimum absolute atomic E-state index is 0. The normalized spacial score (nSPS) is 15.5. The Morgan fingerprint density at radius 3 is 2.59 bits per heavy atom. The quantitative estimate of drug-likeness (QED) is 0.190. The Morgan fingerprint density at radius 1 is 1.41 bits per heavy atom. The number of benzene rings is 1. The molecule has 7 heteroatoms. The van der Waals surface area contributed by atoms with Gasteiger partial charge in [0.25, 0.3) is 0 Å². The van der Waals surface area contributed by atoms with E-state index < -0.39 is 0 Å². The van der Waals surface area contributed by atoms with Crippen molar-refractivity contribution in [2.45, 2.75) is 45.8 Å². The molecule has 1 atom stereocenters. The van der Waals surface area contributed by atoms with Crippen LogP contribution in [0.1, 0.15) is 33.6 Å². The Kier molecular flexibility index (Phi) is 13.6. The summed E-state index contributed by atoms with van der Waals surface area (Å²) in [6.07, 6.45) is 6.38.